The molecule has 0 bridgehead atoms. The fourth-order valence-electron chi connectivity index (χ4n) is 5.07. The number of β-lactam (4-membered cyclic amide) rings is 1. The summed E-state index contributed by atoms with van der Waals surface area (Å²) in [4.78, 5) is 25.7. The molecule has 110 valence electrons. The molecule has 1 amide bonds. The van der Waals surface area contributed by atoms with E-state index in [2.05, 4.69) is 0 Å². The number of fused-ring (bicyclic) bond motifs is 4. The topological polar surface area (TPSA) is 46.6 Å². The zero-order valence-corrected chi connectivity index (χ0v) is 11.9. The summed E-state index contributed by atoms with van der Waals surface area (Å²) in [5.41, 5.74) is -0.363. The van der Waals surface area contributed by atoms with E-state index in [0.717, 1.165) is 44.8 Å². The van der Waals surface area contributed by atoms with Crippen LogP contribution in [0, 0.1) is 11.8 Å². The van der Waals surface area contributed by atoms with Gasteiger partial charge in [-0.05, 0) is 38.5 Å². The SMILES string of the molecule is O=C[C@@H]1C(=O)N2[C@H]1[C@@H]1CCCC[C@@H]1OC21CCCCC1. The summed E-state index contributed by atoms with van der Waals surface area (Å²) in [6.07, 6.45) is 11.3. The number of carbonyl (C=O) groups excluding carboxylic acids is 2. The first-order valence-electron chi connectivity index (χ1n) is 8.23. The molecule has 4 fully saturated rings. The van der Waals surface area contributed by atoms with E-state index >= 15 is 0 Å². The predicted molar refractivity (Wildman–Crippen MR) is 72.8 cm³/mol. The number of carbonyl (C=O) groups is 2. The van der Waals surface area contributed by atoms with Crippen molar-refractivity contribution >= 4 is 12.2 Å². The maximum absolute atomic E-state index is 12.4. The number of ether oxygens (including phenoxy) is 1. The van der Waals surface area contributed by atoms with Crippen LogP contribution >= 0.6 is 0 Å². The van der Waals surface area contributed by atoms with E-state index < -0.39 is 0 Å². The Bertz CT molecular complexity index is 429. The molecule has 4 nitrogen and oxygen atoms in total. The molecule has 0 unspecified atom stereocenters. The van der Waals surface area contributed by atoms with Gasteiger partial charge < -0.3 is 14.4 Å². The second-order valence-corrected chi connectivity index (χ2v) is 6.97. The smallest absolute Gasteiger partial charge is 0.237 e. The monoisotopic (exact) mass is 277 g/mol. The van der Waals surface area contributed by atoms with Crippen molar-refractivity contribution in [2.45, 2.75) is 75.7 Å². The van der Waals surface area contributed by atoms with Gasteiger partial charge in [0.15, 0.2) is 0 Å². The number of rotatable bonds is 1. The first-order valence-corrected chi connectivity index (χ1v) is 8.23. The molecule has 4 atom stereocenters. The average molecular weight is 277 g/mol. The first-order chi connectivity index (χ1) is 9.77. The van der Waals surface area contributed by atoms with Gasteiger partial charge in [-0.2, -0.15) is 0 Å². The first kappa shape index (κ1) is 12.8. The minimum Gasteiger partial charge on any atom is -0.352 e. The van der Waals surface area contributed by atoms with E-state index in [1.807, 2.05) is 4.90 Å². The molecule has 1 spiro atoms. The van der Waals surface area contributed by atoms with Crippen molar-refractivity contribution in [3.8, 4) is 0 Å². The Morgan fingerprint density at radius 3 is 2.60 bits per heavy atom. The predicted octanol–water partition coefficient (Wildman–Crippen LogP) is 2.26. The lowest BCUT2D eigenvalue weighted by Crippen LogP contribution is -2.78. The highest BCUT2D eigenvalue weighted by Gasteiger charge is 2.64. The second-order valence-electron chi connectivity index (χ2n) is 6.97. The average Bonchev–Trinajstić information content (AvgIpc) is 2.47. The zero-order valence-electron chi connectivity index (χ0n) is 11.9. The van der Waals surface area contributed by atoms with Crippen LogP contribution in [0.4, 0.5) is 0 Å². The van der Waals surface area contributed by atoms with E-state index in [0.29, 0.717) is 5.92 Å². The Hall–Kier alpha value is -0.900. The minimum absolute atomic E-state index is 0.0240. The number of aldehydes is 1. The van der Waals surface area contributed by atoms with Crippen molar-refractivity contribution in [3.05, 3.63) is 0 Å². The Morgan fingerprint density at radius 1 is 1.10 bits per heavy atom. The number of amides is 1. The highest BCUT2D eigenvalue weighted by atomic mass is 16.5. The van der Waals surface area contributed by atoms with Crippen molar-refractivity contribution in [1.82, 2.24) is 4.90 Å². The quantitative estimate of drug-likeness (QED) is 0.419. The van der Waals surface area contributed by atoms with Gasteiger partial charge in [-0.3, -0.25) is 4.79 Å². The molecule has 20 heavy (non-hydrogen) atoms. The Morgan fingerprint density at radius 2 is 1.85 bits per heavy atom. The third kappa shape index (κ3) is 1.57. The molecule has 2 saturated heterocycles. The van der Waals surface area contributed by atoms with Crippen LogP contribution in [0.5, 0.6) is 0 Å². The van der Waals surface area contributed by atoms with Crippen LogP contribution in [0.3, 0.4) is 0 Å². The highest BCUT2D eigenvalue weighted by molar-refractivity contribution is 5.99. The summed E-state index contributed by atoms with van der Waals surface area (Å²) in [5.74, 6) is 0.0310. The van der Waals surface area contributed by atoms with E-state index in [9.17, 15) is 9.59 Å². The Labute approximate surface area is 119 Å². The van der Waals surface area contributed by atoms with Crippen LogP contribution < -0.4 is 0 Å². The third-order valence-electron chi connectivity index (χ3n) is 5.97. The number of nitrogens with zero attached hydrogens (tertiary/aromatic N) is 1. The molecule has 4 heteroatoms. The van der Waals surface area contributed by atoms with Crippen molar-refractivity contribution in [3.63, 3.8) is 0 Å². The fourth-order valence-corrected chi connectivity index (χ4v) is 5.07. The molecular formula is C16H23NO3. The minimum atomic E-state index is -0.386. The Balaban J connectivity index is 1.69. The molecular weight excluding hydrogens is 254 g/mol. The fraction of sp³-hybridized carbons (Fsp3) is 0.875. The van der Waals surface area contributed by atoms with Crippen LogP contribution in [0.25, 0.3) is 0 Å². The van der Waals surface area contributed by atoms with Crippen molar-refractivity contribution in [2.24, 2.45) is 11.8 Å². The molecule has 2 heterocycles. The van der Waals surface area contributed by atoms with Crippen LogP contribution in [0.15, 0.2) is 0 Å². The largest absolute Gasteiger partial charge is 0.352 e. The maximum Gasteiger partial charge on any atom is 0.237 e. The van der Waals surface area contributed by atoms with Gasteiger partial charge in [0.2, 0.25) is 5.91 Å². The summed E-state index contributed by atoms with van der Waals surface area (Å²) in [6, 6.07) is 0.136. The van der Waals surface area contributed by atoms with Gasteiger partial charge in [0.05, 0.1) is 12.1 Å². The number of hydrogen-bond donors (Lipinski definition) is 0. The molecule has 2 aliphatic carbocycles. The number of hydrogen-bond acceptors (Lipinski definition) is 3. The summed E-state index contributed by atoms with van der Waals surface area (Å²) in [5, 5.41) is 0. The van der Waals surface area contributed by atoms with Crippen LogP contribution in [-0.2, 0) is 14.3 Å². The lowest BCUT2D eigenvalue weighted by Gasteiger charge is -2.65. The van der Waals surface area contributed by atoms with Gasteiger partial charge >= 0.3 is 0 Å². The summed E-state index contributed by atoms with van der Waals surface area (Å²) in [6.45, 7) is 0. The molecule has 0 aromatic carbocycles. The Kier molecular flexibility index (Phi) is 2.92. The van der Waals surface area contributed by atoms with Crippen molar-refractivity contribution in [2.75, 3.05) is 0 Å². The highest BCUT2D eigenvalue weighted by Crippen LogP contribution is 2.53. The van der Waals surface area contributed by atoms with Crippen LogP contribution in [0.1, 0.15) is 57.8 Å². The van der Waals surface area contributed by atoms with Crippen molar-refractivity contribution < 1.29 is 14.3 Å². The molecule has 0 radical (unpaired) electrons. The zero-order chi connectivity index (χ0) is 13.7. The molecule has 0 N–H and O–H groups in total. The third-order valence-corrected chi connectivity index (χ3v) is 5.97. The summed E-state index contributed by atoms with van der Waals surface area (Å²) in [7, 11) is 0. The van der Waals surface area contributed by atoms with Gasteiger partial charge in [0.1, 0.15) is 17.9 Å². The van der Waals surface area contributed by atoms with E-state index in [1.54, 1.807) is 0 Å². The van der Waals surface area contributed by atoms with E-state index in [1.165, 1.54) is 19.3 Å². The molecule has 2 aliphatic heterocycles. The molecule has 4 rings (SSSR count). The summed E-state index contributed by atoms with van der Waals surface area (Å²) >= 11 is 0. The van der Waals surface area contributed by atoms with Gasteiger partial charge in [-0.1, -0.05) is 19.3 Å². The molecule has 0 aromatic rings. The standard InChI is InChI=1S/C16H23NO3/c18-10-12-14-11-6-2-3-7-13(11)20-16(17(14)15(12)19)8-4-1-5-9-16/h10-14H,1-9H2/t11-,12+,13+,14+/m1/s1. The van der Waals surface area contributed by atoms with Gasteiger partial charge in [0, 0.05) is 5.92 Å². The van der Waals surface area contributed by atoms with Crippen LogP contribution in [-0.4, -0.2) is 35.0 Å². The van der Waals surface area contributed by atoms with E-state index in [-0.39, 0.29) is 29.7 Å². The van der Waals surface area contributed by atoms with Gasteiger partial charge in [-0.25, -0.2) is 0 Å². The molecule has 0 aromatic heterocycles. The normalized spacial score (nSPS) is 42.6. The van der Waals surface area contributed by atoms with Crippen LogP contribution in [0.2, 0.25) is 0 Å². The summed E-state index contributed by atoms with van der Waals surface area (Å²) < 4.78 is 6.51. The van der Waals surface area contributed by atoms with Gasteiger partial charge in [0.25, 0.3) is 0 Å². The maximum atomic E-state index is 12.4. The van der Waals surface area contributed by atoms with E-state index in [4.69, 9.17) is 4.74 Å². The second kappa shape index (κ2) is 4.55. The van der Waals surface area contributed by atoms with Gasteiger partial charge in [-0.15, -0.1) is 0 Å². The molecule has 2 saturated carbocycles. The lowest BCUT2D eigenvalue weighted by molar-refractivity contribution is -0.298. The molecule has 4 aliphatic rings. The van der Waals surface area contributed by atoms with Crippen molar-refractivity contribution in [1.29, 1.82) is 0 Å². The lowest BCUT2D eigenvalue weighted by atomic mass is 9.67.